The second kappa shape index (κ2) is 6.20. The molecule has 0 fully saturated rings. The topological polar surface area (TPSA) is 48.1 Å². The Balaban J connectivity index is 1.73. The number of aromatic nitrogens is 1. The number of nitrogen functional groups attached to an aromatic ring is 1. The molecule has 22 heavy (non-hydrogen) atoms. The first-order chi connectivity index (χ1) is 10.6. The number of anilines is 1. The minimum Gasteiger partial charge on any atom is -0.487 e. The van der Waals surface area contributed by atoms with Crippen molar-refractivity contribution in [1.29, 1.82) is 0 Å². The van der Waals surface area contributed by atoms with E-state index in [9.17, 15) is 0 Å². The van der Waals surface area contributed by atoms with Crippen molar-refractivity contribution in [3.63, 3.8) is 0 Å². The summed E-state index contributed by atoms with van der Waals surface area (Å²) in [4.78, 5) is 4.48. The predicted octanol–water partition coefficient (Wildman–Crippen LogP) is 4.59. The number of nitrogens with two attached hydrogens (primary N) is 1. The lowest BCUT2D eigenvalue weighted by Gasteiger charge is -2.10. The van der Waals surface area contributed by atoms with Crippen LogP contribution in [0.1, 0.15) is 16.1 Å². The molecule has 112 valence electrons. The zero-order chi connectivity index (χ0) is 15.5. The molecule has 0 saturated heterocycles. The van der Waals surface area contributed by atoms with E-state index in [1.165, 1.54) is 5.56 Å². The zero-order valence-electron chi connectivity index (χ0n) is 12.7. The smallest absolute Gasteiger partial charge is 0.142 e. The lowest BCUT2D eigenvalue weighted by molar-refractivity contribution is 0.308. The van der Waals surface area contributed by atoms with Crippen molar-refractivity contribution in [3.05, 3.63) is 64.0 Å². The summed E-state index contributed by atoms with van der Waals surface area (Å²) in [6.07, 6.45) is 0. The van der Waals surface area contributed by atoms with Crippen LogP contribution < -0.4 is 10.5 Å². The van der Waals surface area contributed by atoms with E-state index >= 15 is 0 Å². The molecule has 0 aliphatic carbocycles. The number of hydrogen-bond donors (Lipinski definition) is 1. The molecular formula is C18H18N2OS. The van der Waals surface area contributed by atoms with Gasteiger partial charge in [-0.3, -0.25) is 0 Å². The normalized spacial score (nSPS) is 10.6. The van der Waals surface area contributed by atoms with E-state index in [-0.39, 0.29) is 0 Å². The average Bonchev–Trinajstić information content (AvgIpc) is 2.94. The third-order valence-electron chi connectivity index (χ3n) is 3.44. The van der Waals surface area contributed by atoms with Crippen molar-refractivity contribution in [2.24, 2.45) is 0 Å². The Morgan fingerprint density at radius 3 is 2.50 bits per heavy atom. The highest BCUT2D eigenvalue weighted by Crippen LogP contribution is 2.29. The molecule has 4 heteroatoms. The molecule has 0 amide bonds. The second-order valence-electron chi connectivity index (χ2n) is 5.28. The van der Waals surface area contributed by atoms with Gasteiger partial charge in [-0.1, -0.05) is 29.8 Å². The third-order valence-corrected chi connectivity index (χ3v) is 4.21. The van der Waals surface area contributed by atoms with Crippen LogP contribution in [0.3, 0.4) is 0 Å². The summed E-state index contributed by atoms with van der Waals surface area (Å²) in [6, 6.07) is 14.1. The molecule has 3 aromatic rings. The fraction of sp³-hybridized carbons (Fsp3) is 0.167. The van der Waals surface area contributed by atoms with Crippen LogP contribution in [0.4, 0.5) is 5.69 Å². The maximum Gasteiger partial charge on any atom is 0.142 e. The van der Waals surface area contributed by atoms with Gasteiger partial charge >= 0.3 is 0 Å². The number of ether oxygens (including phenoxy) is 1. The Morgan fingerprint density at radius 2 is 1.86 bits per heavy atom. The summed E-state index contributed by atoms with van der Waals surface area (Å²) >= 11 is 1.63. The Morgan fingerprint density at radius 1 is 1.09 bits per heavy atom. The maximum absolute atomic E-state index is 6.10. The summed E-state index contributed by atoms with van der Waals surface area (Å²) < 4.78 is 5.82. The van der Waals surface area contributed by atoms with Crippen molar-refractivity contribution >= 4 is 17.0 Å². The van der Waals surface area contributed by atoms with Crippen LogP contribution in [0, 0.1) is 13.8 Å². The highest BCUT2D eigenvalue weighted by Gasteiger charge is 2.07. The first kappa shape index (κ1) is 14.6. The number of nitrogens with zero attached hydrogens (tertiary/aromatic N) is 1. The van der Waals surface area contributed by atoms with Gasteiger partial charge in [-0.2, -0.15) is 0 Å². The van der Waals surface area contributed by atoms with E-state index in [1.54, 1.807) is 11.3 Å². The number of rotatable bonds is 4. The summed E-state index contributed by atoms with van der Waals surface area (Å²) in [5, 5.41) is 3.09. The SMILES string of the molecule is Cc1ccc(COc2ccc(-c3csc(C)n3)cc2N)cc1. The molecule has 3 nitrogen and oxygen atoms in total. The monoisotopic (exact) mass is 310 g/mol. The van der Waals surface area contributed by atoms with Gasteiger partial charge in [0.25, 0.3) is 0 Å². The number of thiazole rings is 1. The minimum absolute atomic E-state index is 0.514. The van der Waals surface area contributed by atoms with E-state index in [2.05, 4.69) is 36.2 Å². The molecule has 2 N–H and O–H groups in total. The Kier molecular flexibility index (Phi) is 4.11. The van der Waals surface area contributed by atoms with Crippen LogP contribution in [0.2, 0.25) is 0 Å². The Bertz CT molecular complexity index is 778. The predicted molar refractivity (Wildman–Crippen MR) is 92.2 cm³/mol. The molecule has 0 bridgehead atoms. The first-order valence-electron chi connectivity index (χ1n) is 7.12. The minimum atomic E-state index is 0.514. The van der Waals surface area contributed by atoms with Crippen LogP contribution in [0.15, 0.2) is 47.8 Å². The molecule has 0 aliphatic heterocycles. The van der Waals surface area contributed by atoms with Gasteiger partial charge in [0.2, 0.25) is 0 Å². The zero-order valence-corrected chi connectivity index (χ0v) is 13.5. The van der Waals surface area contributed by atoms with Gasteiger partial charge in [0.1, 0.15) is 12.4 Å². The number of aryl methyl sites for hydroxylation is 2. The fourth-order valence-electron chi connectivity index (χ4n) is 2.18. The van der Waals surface area contributed by atoms with Gasteiger partial charge in [0, 0.05) is 10.9 Å². The molecule has 2 aromatic carbocycles. The van der Waals surface area contributed by atoms with Gasteiger partial charge < -0.3 is 10.5 Å². The molecule has 0 radical (unpaired) electrons. The van der Waals surface area contributed by atoms with E-state index in [1.807, 2.05) is 30.5 Å². The highest BCUT2D eigenvalue weighted by molar-refractivity contribution is 7.09. The van der Waals surface area contributed by atoms with Crippen LogP contribution in [-0.2, 0) is 6.61 Å². The molecule has 0 unspecified atom stereocenters. The van der Waals surface area contributed by atoms with Gasteiger partial charge in [-0.25, -0.2) is 4.98 Å². The molecular weight excluding hydrogens is 292 g/mol. The van der Waals surface area contributed by atoms with E-state index < -0.39 is 0 Å². The summed E-state index contributed by atoms with van der Waals surface area (Å²) in [6.45, 7) is 4.58. The summed E-state index contributed by atoms with van der Waals surface area (Å²) in [5.41, 5.74) is 11.1. The molecule has 1 aromatic heterocycles. The molecule has 0 aliphatic rings. The lowest BCUT2D eigenvalue weighted by atomic mass is 10.1. The van der Waals surface area contributed by atoms with Crippen molar-refractivity contribution < 1.29 is 4.74 Å². The fourth-order valence-corrected chi connectivity index (χ4v) is 2.80. The maximum atomic E-state index is 6.10. The van der Waals surface area contributed by atoms with Crippen LogP contribution >= 0.6 is 11.3 Å². The van der Waals surface area contributed by atoms with Gasteiger partial charge in [0.15, 0.2) is 0 Å². The Labute approximate surface area is 134 Å². The van der Waals surface area contributed by atoms with Crippen LogP contribution in [0.25, 0.3) is 11.3 Å². The van der Waals surface area contributed by atoms with Crippen LogP contribution in [-0.4, -0.2) is 4.98 Å². The molecule has 0 atom stereocenters. The average molecular weight is 310 g/mol. The first-order valence-corrected chi connectivity index (χ1v) is 8.00. The van der Waals surface area contributed by atoms with E-state index in [4.69, 9.17) is 10.5 Å². The summed E-state index contributed by atoms with van der Waals surface area (Å²) in [7, 11) is 0. The molecule has 0 spiro atoms. The third kappa shape index (κ3) is 3.28. The van der Waals surface area contributed by atoms with Gasteiger partial charge in [0.05, 0.1) is 16.4 Å². The molecule has 0 saturated carbocycles. The van der Waals surface area contributed by atoms with Crippen LogP contribution in [0.5, 0.6) is 5.75 Å². The van der Waals surface area contributed by atoms with Crippen molar-refractivity contribution in [3.8, 4) is 17.0 Å². The Hall–Kier alpha value is -2.33. The largest absolute Gasteiger partial charge is 0.487 e. The van der Waals surface area contributed by atoms with E-state index in [0.717, 1.165) is 21.8 Å². The van der Waals surface area contributed by atoms with Gasteiger partial charge in [-0.15, -0.1) is 11.3 Å². The van der Waals surface area contributed by atoms with Crippen molar-refractivity contribution in [2.75, 3.05) is 5.73 Å². The number of benzene rings is 2. The standard InChI is InChI=1S/C18H18N2OS/c1-12-3-5-14(6-4-12)10-21-18-8-7-15(9-16(18)19)17-11-22-13(2)20-17/h3-9,11H,10,19H2,1-2H3. The van der Waals surface area contributed by atoms with E-state index in [0.29, 0.717) is 18.0 Å². The number of hydrogen-bond acceptors (Lipinski definition) is 4. The van der Waals surface area contributed by atoms with Gasteiger partial charge in [-0.05, 0) is 37.6 Å². The second-order valence-corrected chi connectivity index (χ2v) is 6.34. The highest BCUT2D eigenvalue weighted by atomic mass is 32.1. The molecule has 3 rings (SSSR count). The lowest BCUT2D eigenvalue weighted by Crippen LogP contribution is -1.99. The molecule has 1 heterocycles. The van der Waals surface area contributed by atoms with Crippen molar-refractivity contribution in [2.45, 2.75) is 20.5 Å². The summed E-state index contributed by atoms with van der Waals surface area (Å²) in [5.74, 6) is 0.705. The quantitative estimate of drug-likeness (QED) is 0.717. The van der Waals surface area contributed by atoms with Crippen molar-refractivity contribution in [1.82, 2.24) is 4.98 Å².